The molecule has 3 heterocycles. The van der Waals surface area contributed by atoms with Crippen molar-refractivity contribution in [2.75, 3.05) is 0 Å². The highest BCUT2D eigenvalue weighted by molar-refractivity contribution is 8.22. The maximum Gasteiger partial charge on any atom is 0.494 e. The number of fused-ring (bicyclic) bond motifs is 26. The van der Waals surface area contributed by atoms with Gasteiger partial charge in [0.25, 0.3) is 0 Å². The average Bonchev–Trinajstić information content (AvgIpc) is 1.50. The van der Waals surface area contributed by atoms with Crippen molar-refractivity contribution in [2.45, 2.75) is 49.7 Å². The minimum absolute atomic E-state index is 0.282. The van der Waals surface area contributed by atoms with Crippen LogP contribution >= 0.6 is 34.3 Å². The molecule has 0 atom stereocenters. The van der Waals surface area contributed by atoms with E-state index in [2.05, 4.69) is 410 Å². The van der Waals surface area contributed by atoms with Crippen molar-refractivity contribution in [2.24, 2.45) is 0 Å². The molecule has 0 saturated carbocycles. The third-order valence-electron chi connectivity index (χ3n) is 31.9. The van der Waals surface area contributed by atoms with Gasteiger partial charge in [0.05, 0.1) is 22.0 Å². The third kappa shape index (κ3) is 15.1. The molecule has 24 radical (unpaired) electrons. The highest BCUT2D eigenvalue weighted by Crippen LogP contribution is 2.66. The van der Waals surface area contributed by atoms with E-state index in [9.17, 15) is 0 Å². The number of thiophene rings is 2. The molecule has 0 amide bonds. The molecule has 2 nitrogen and oxygen atoms in total. The summed E-state index contributed by atoms with van der Waals surface area (Å²) in [5.74, 6) is 0. The second kappa shape index (κ2) is 36.9. The van der Waals surface area contributed by atoms with Gasteiger partial charge in [-0.2, -0.15) is 0 Å². The Hall–Kier alpha value is -11.9. The zero-order chi connectivity index (χ0) is 98.8. The van der Waals surface area contributed by atoms with Gasteiger partial charge in [0.15, 0.2) is 0 Å². The van der Waals surface area contributed by atoms with Crippen molar-refractivity contribution in [3.05, 3.63) is 438 Å². The smallest absolute Gasteiger partial charge is 0.399 e. The van der Waals surface area contributed by atoms with E-state index in [0.29, 0.717) is 0 Å². The van der Waals surface area contributed by atoms with Crippen LogP contribution in [0.1, 0.15) is 72.2 Å². The van der Waals surface area contributed by atoms with E-state index >= 15 is 0 Å². The molecular formula is C116H76B23ClO2S2. The summed E-state index contributed by atoms with van der Waals surface area (Å²) in [5.41, 5.74) is 28.6. The molecule has 2 aromatic heterocycles. The van der Waals surface area contributed by atoms with E-state index in [0.717, 1.165) is 16.0 Å². The maximum atomic E-state index is 6.48. The Balaban J connectivity index is 0.000000110. The van der Waals surface area contributed by atoms with Crippen molar-refractivity contribution < 1.29 is 9.31 Å². The molecule has 1 fully saturated rings. The highest BCUT2D eigenvalue weighted by Gasteiger charge is 2.55. The molecular weight excluding hydrogens is 1770 g/mol. The minimum Gasteiger partial charge on any atom is -0.399 e. The first-order valence-corrected chi connectivity index (χ1v) is 51.4. The predicted molar refractivity (Wildman–Crippen MR) is 646 cm³/mol. The maximum absolute atomic E-state index is 6.48. The quantitative estimate of drug-likeness (QED) is 0.0752. The van der Waals surface area contributed by atoms with Crippen molar-refractivity contribution in [1.82, 2.24) is 0 Å². The average molecular weight is 1850 g/mol. The lowest BCUT2D eigenvalue weighted by Crippen LogP contribution is -2.83. The fourth-order valence-electron chi connectivity index (χ4n) is 25.0. The zero-order valence-corrected chi connectivity index (χ0v) is 82.6. The van der Waals surface area contributed by atoms with Crippen LogP contribution in [-0.2, 0) is 20.1 Å². The van der Waals surface area contributed by atoms with Gasteiger partial charge in [-0.05, 0) is 269 Å². The molecule has 4 aliphatic carbocycles. The Morgan fingerprint density at radius 2 is 0.493 bits per heavy atom. The van der Waals surface area contributed by atoms with Crippen molar-refractivity contribution in [3.63, 3.8) is 0 Å². The lowest BCUT2D eigenvalue weighted by molar-refractivity contribution is 0.00578. The summed E-state index contributed by atoms with van der Waals surface area (Å²) in [7, 11) is 69.3. The summed E-state index contributed by atoms with van der Waals surface area (Å²) >= 11 is 10.2. The van der Waals surface area contributed by atoms with Crippen molar-refractivity contribution in [3.8, 4) is 77.9 Å². The van der Waals surface area contributed by atoms with Gasteiger partial charge in [-0.1, -0.05) is 351 Å². The first-order chi connectivity index (χ1) is 69.8. The van der Waals surface area contributed by atoms with E-state index in [-0.39, 0.29) is 29.2 Å². The van der Waals surface area contributed by atoms with Crippen molar-refractivity contribution in [1.29, 1.82) is 0 Å². The molecule has 1 saturated heterocycles. The van der Waals surface area contributed by atoms with Gasteiger partial charge in [-0.15, -0.1) is 22.7 Å². The lowest BCUT2D eigenvalue weighted by atomic mass is 8.36. The van der Waals surface area contributed by atoms with Gasteiger partial charge in [0, 0.05) is 202 Å². The minimum atomic E-state index is -0.926. The van der Waals surface area contributed by atoms with E-state index in [1.165, 1.54) is 222 Å². The Bertz CT molecular complexity index is 8800. The molecule has 5 aliphatic rings. The van der Waals surface area contributed by atoms with E-state index in [4.69, 9.17) is 114 Å². The molecule has 28 heteroatoms. The molecule has 640 valence electrons. The Labute approximate surface area is 875 Å². The van der Waals surface area contributed by atoms with E-state index in [1.807, 2.05) is 28.7 Å². The third-order valence-corrected chi connectivity index (χ3v) is 34.5. The fraction of sp³-hybridized carbons (Fsp3) is 0.0690. The zero-order valence-electron chi connectivity index (χ0n) is 80.2. The molecule has 2 spiro atoms. The predicted octanol–water partition coefficient (Wildman–Crippen LogP) is 23.0. The van der Waals surface area contributed by atoms with Crippen LogP contribution in [0, 0.1) is 0 Å². The first-order valence-electron chi connectivity index (χ1n) is 49.4. The SMILES string of the molecule is CC1(C)OB(c2cccc(-c3cccc(-c4cccc5c4sc4ccccc45)c3)c2)OC1(C)C.Clc1ccc2c(c1)c1cccc3c1c1c(cccc21)C31c2ccccc2-c2ccccc21.[B]B([B])B(B([B])[B])B(B(B([B])[B])B([B])[B])B(B([B])[B])B([B])[B].c1cc(-c2cccc(-c3cccc4c3sc3ccccc34)c2)cc(-c2ccc3c(c2)c2cccc4c2c2c(cccc32)C42c3ccccc3-c3ccccc32)c1. The number of hydrogen-bond donors (Lipinski definition) is 0. The second-order valence-electron chi connectivity index (χ2n) is 40.3. The van der Waals surface area contributed by atoms with Crippen molar-refractivity contribution >= 4 is 309 Å². The first kappa shape index (κ1) is 94.4. The Morgan fingerprint density at radius 1 is 0.222 bits per heavy atom. The summed E-state index contributed by atoms with van der Waals surface area (Å²) in [6, 6.07) is 144. The fourth-order valence-corrected chi connectivity index (χ4v) is 27.6. The molecule has 0 N–H and O–H groups in total. The molecule has 1 aliphatic heterocycles. The van der Waals surface area contributed by atoms with Crippen LogP contribution < -0.4 is 5.46 Å². The molecule has 0 bridgehead atoms. The van der Waals surface area contributed by atoms with Gasteiger partial charge in [-0.25, -0.2) is 0 Å². The van der Waals surface area contributed by atoms with Gasteiger partial charge in [-0.3, -0.25) is 0 Å². The largest absolute Gasteiger partial charge is 0.494 e. The summed E-state index contributed by atoms with van der Waals surface area (Å²) in [6.45, 7) is 8.37. The van der Waals surface area contributed by atoms with Crippen LogP contribution in [0.4, 0.5) is 0 Å². The molecule has 20 aromatic carbocycles. The second-order valence-corrected chi connectivity index (χ2v) is 42.9. The van der Waals surface area contributed by atoms with Crippen LogP contribution in [0.2, 0.25) is 5.02 Å². The molecule has 22 aromatic rings. The van der Waals surface area contributed by atoms with Crippen LogP contribution in [0.5, 0.6) is 0 Å². The topological polar surface area (TPSA) is 18.5 Å². The van der Waals surface area contributed by atoms with Gasteiger partial charge < -0.3 is 9.31 Å². The molecule has 144 heavy (non-hydrogen) atoms. The lowest BCUT2D eigenvalue weighted by Gasteiger charge is -2.45. The highest BCUT2D eigenvalue weighted by atomic mass is 35.5. The number of benzene rings is 20. The standard InChI is InChI=1S/C55H32S.C31H17Cl.C30H27BO2S.B22/c1-4-23-47-40(16-1)41-17-2-5-24-48(41)55(47)49-25-10-20-43-39-29-28-36(32-46(39)44-21-11-26-50(55)53(44)52(43)49)34-13-7-12-33(30-34)35-14-8-15-37(31-35)38-19-9-22-45-42-18-3-6-27-51(42)56-54(38)45;32-18-15-16-19-22-9-5-13-27-29(22)30-23(24(19)17-18)10-6-14-28(30)31(27)25-11-3-1-7-20(25)21-8-2-4-12-26(21)31;1-29(2)30(3,4)33-31(32-29)23-13-8-11-21(19-23)20-10-7-12-22(18-20)24-15-9-16-26-25-14-5-6-17-27(25)34-28(24)26;1-13(2)19(14(3)4)22(20(15(5)6)16(7)8)21(17(9)10)18(11)12/h1-32H;1-17H;5-19H,1-4H3;. The van der Waals surface area contributed by atoms with Crippen LogP contribution in [0.15, 0.2) is 388 Å². The summed E-state index contributed by atoms with van der Waals surface area (Å²) in [6.07, 6.45) is -8.34. The van der Waals surface area contributed by atoms with E-state index < -0.39 is 63.9 Å². The summed E-state index contributed by atoms with van der Waals surface area (Å²) in [4.78, 5) is 0. The number of halogens is 1. The molecule has 0 unspecified atom stereocenters. The monoisotopic (exact) mass is 1850 g/mol. The van der Waals surface area contributed by atoms with Gasteiger partial charge in [0.2, 0.25) is 0 Å². The van der Waals surface area contributed by atoms with Crippen LogP contribution in [-0.4, -0.2) is 175 Å². The van der Waals surface area contributed by atoms with E-state index in [1.54, 1.807) is 0 Å². The summed E-state index contributed by atoms with van der Waals surface area (Å²) < 4.78 is 17.9. The van der Waals surface area contributed by atoms with Crippen LogP contribution in [0.3, 0.4) is 0 Å². The molecule has 27 rings (SSSR count). The van der Waals surface area contributed by atoms with Gasteiger partial charge >= 0.3 is 7.12 Å². The number of hydrogen-bond acceptors (Lipinski definition) is 4. The van der Waals surface area contributed by atoms with Gasteiger partial charge in [0.1, 0.15) is 0 Å². The number of rotatable bonds is 15. The normalized spacial score (nSPS) is 13.9. The summed E-state index contributed by atoms with van der Waals surface area (Å²) in [5, 5.41) is 22.1. The van der Waals surface area contributed by atoms with Crippen LogP contribution in [0.25, 0.3) is 183 Å². The Kier molecular flexibility index (Phi) is 24.2. The Morgan fingerprint density at radius 3 is 0.875 bits per heavy atom.